The van der Waals surface area contributed by atoms with E-state index in [-0.39, 0.29) is 12.6 Å². The first-order valence-electron chi connectivity index (χ1n) is 11.4. The lowest BCUT2D eigenvalue weighted by molar-refractivity contribution is -0.0306. The number of esters is 1. The minimum absolute atomic E-state index is 0.189. The molecule has 4 aromatic carbocycles. The lowest BCUT2D eigenvalue weighted by Gasteiger charge is -2.36. The molecule has 0 spiro atoms. The lowest BCUT2D eigenvalue weighted by atomic mass is 9.80. The molecule has 0 fully saturated rings. The molecule has 0 aromatic heterocycles. The quantitative estimate of drug-likeness (QED) is 0.162. The Bertz CT molecular complexity index is 1030. The summed E-state index contributed by atoms with van der Waals surface area (Å²) in [7, 11) is 0. The number of ether oxygens (including phenoxy) is 3. The van der Waals surface area contributed by atoms with Crippen LogP contribution in [0, 0.1) is 0 Å². The minimum atomic E-state index is -0.771. The van der Waals surface area contributed by atoms with Crippen LogP contribution in [0.4, 0.5) is 0 Å². The molecule has 4 nitrogen and oxygen atoms in total. The number of benzene rings is 4. The fourth-order valence-corrected chi connectivity index (χ4v) is 3.98. The van der Waals surface area contributed by atoms with E-state index in [1.54, 1.807) is 12.1 Å². The maximum atomic E-state index is 12.0. The molecule has 0 saturated carbocycles. The molecule has 0 amide bonds. The van der Waals surface area contributed by atoms with E-state index in [1.165, 1.54) is 0 Å². The van der Waals surface area contributed by atoms with Gasteiger partial charge in [0.25, 0.3) is 0 Å². The second-order valence-electron chi connectivity index (χ2n) is 7.74. The second-order valence-corrected chi connectivity index (χ2v) is 7.74. The molecule has 0 bridgehead atoms. The van der Waals surface area contributed by atoms with Gasteiger partial charge in [-0.3, -0.25) is 0 Å². The smallest absolute Gasteiger partial charge is 0.338 e. The number of carbonyl (C=O) groups excluding carboxylic acids is 1. The van der Waals surface area contributed by atoms with Gasteiger partial charge < -0.3 is 14.2 Å². The summed E-state index contributed by atoms with van der Waals surface area (Å²) >= 11 is 0. The molecule has 0 aliphatic heterocycles. The van der Waals surface area contributed by atoms with Crippen molar-refractivity contribution in [2.24, 2.45) is 0 Å². The predicted molar refractivity (Wildman–Crippen MR) is 133 cm³/mol. The van der Waals surface area contributed by atoms with Crippen LogP contribution in [0.3, 0.4) is 0 Å². The van der Waals surface area contributed by atoms with Crippen molar-refractivity contribution >= 4 is 5.97 Å². The van der Waals surface area contributed by atoms with E-state index in [0.29, 0.717) is 25.4 Å². The Kier molecular flexibility index (Phi) is 8.22. The average molecular weight is 453 g/mol. The molecule has 0 atom stereocenters. The van der Waals surface area contributed by atoms with Gasteiger partial charge in [0.05, 0.1) is 25.4 Å². The first kappa shape index (κ1) is 23.4. The summed E-state index contributed by atoms with van der Waals surface area (Å²) in [5.41, 5.74) is 2.90. The van der Waals surface area contributed by atoms with Gasteiger partial charge in [-0.1, -0.05) is 109 Å². The highest BCUT2D eigenvalue weighted by Crippen LogP contribution is 2.40. The van der Waals surface area contributed by atoms with Gasteiger partial charge in [0.2, 0.25) is 0 Å². The first-order valence-corrected chi connectivity index (χ1v) is 11.4. The van der Waals surface area contributed by atoms with Crippen LogP contribution in [0.15, 0.2) is 121 Å². The summed E-state index contributed by atoms with van der Waals surface area (Å²) in [4.78, 5) is 12.0. The molecule has 0 N–H and O–H groups in total. The molecule has 0 aliphatic carbocycles. The number of carbonyl (C=O) groups is 1. The maximum absolute atomic E-state index is 12.0. The Morgan fingerprint density at radius 3 is 1.41 bits per heavy atom. The summed E-state index contributed by atoms with van der Waals surface area (Å²) < 4.78 is 17.7. The van der Waals surface area contributed by atoms with Gasteiger partial charge in [0, 0.05) is 0 Å². The number of rotatable bonds is 11. The van der Waals surface area contributed by atoms with Crippen LogP contribution in [0.2, 0.25) is 0 Å². The van der Waals surface area contributed by atoms with Crippen LogP contribution < -0.4 is 0 Å². The molecule has 4 heteroatoms. The molecular formula is C30H28O4. The van der Waals surface area contributed by atoms with Gasteiger partial charge in [-0.2, -0.15) is 0 Å². The third kappa shape index (κ3) is 5.60. The van der Waals surface area contributed by atoms with Crippen molar-refractivity contribution < 1.29 is 19.0 Å². The van der Waals surface area contributed by atoms with E-state index < -0.39 is 5.60 Å². The van der Waals surface area contributed by atoms with E-state index in [9.17, 15) is 4.79 Å². The molecule has 0 unspecified atom stereocenters. The normalized spacial score (nSPS) is 11.2. The Labute approximate surface area is 200 Å². The van der Waals surface area contributed by atoms with E-state index in [4.69, 9.17) is 14.2 Å². The topological polar surface area (TPSA) is 44.8 Å². The summed E-state index contributed by atoms with van der Waals surface area (Å²) in [6.07, 6.45) is 0. The van der Waals surface area contributed by atoms with E-state index in [2.05, 4.69) is 36.4 Å². The van der Waals surface area contributed by atoms with Crippen molar-refractivity contribution in [2.45, 2.75) is 5.60 Å². The molecule has 0 saturated heterocycles. The summed E-state index contributed by atoms with van der Waals surface area (Å²) in [5, 5.41) is 0. The van der Waals surface area contributed by atoms with Gasteiger partial charge >= 0.3 is 5.97 Å². The Morgan fingerprint density at radius 1 is 0.529 bits per heavy atom. The van der Waals surface area contributed by atoms with Crippen molar-refractivity contribution in [1.29, 1.82) is 0 Å². The molecule has 0 aliphatic rings. The van der Waals surface area contributed by atoms with Crippen LogP contribution in [0.25, 0.3) is 0 Å². The van der Waals surface area contributed by atoms with E-state index >= 15 is 0 Å². The molecular weight excluding hydrogens is 424 g/mol. The largest absolute Gasteiger partial charge is 0.460 e. The van der Waals surface area contributed by atoms with Gasteiger partial charge in [-0.05, 0) is 28.8 Å². The fraction of sp³-hybridized carbons (Fsp3) is 0.167. The van der Waals surface area contributed by atoms with Gasteiger partial charge in [0.15, 0.2) is 0 Å². The van der Waals surface area contributed by atoms with Crippen LogP contribution >= 0.6 is 0 Å². The zero-order valence-electron chi connectivity index (χ0n) is 19.0. The molecule has 0 heterocycles. The van der Waals surface area contributed by atoms with Crippen molar-refractivity contribution in [2.75, 3.05) is 26.4 Å². The zero-order valence-corrected chi connectivity index (χ0v) is 19.0. The molecule has 0 radical (unpaired) electrons. The van der Waals surface area contributed by atoms with Gasteiger partial charge in [-0.25, -0.2) is 4.79 Å². The van der Waals surface area contributed by atoms with Crippen molar-refractivity contribution in [3.05, 3.63) is 144 Å². The van der Waals surface area contributed by atoms with E-state index in [0.717, 1.165) is 16.7 Å². The van der Waals surface area contributed by atoms with Crippen LogP contribution in [-0.4, -0.2) is 32.4 Å². The number of hydrogen-bond donors (Lipinski definition) is 0. The van der Waals surface area contributed by atoms with Crippen LogP contribution in [0.1, 0.15) is 27.0 Å². The monoisotopic (exact) mass is 452 g/mol. The van der Waals surface area contributed by atoms with Crippen molar-refractivity contribution in [3.63, 3.8) is 0 Å². The zero-order chi connectivity index (χ0) is 23.5. The summed E-state index contributed by atoms with van der Waals surface area (Å²) in [6, 6.07) is 39.6. The SMILES string of the molecule is O=C(OCCOCCOC(c1ccccc1)(c1ccccc1)c1ccccc1)c1ccccc1. The molecule has 172 valence electrons. The highest BCUT2D eigenvalue weighted by molar-refractivity contribution is 5.89. The maximum Gasteiger partial charge on any atom is 0.338 e. The minimum Gasteiger partial charge on any atom is -0.460 e. The van der Waals surface area contributed by atoms with Crippen molar-refractivity contribution in [3.8, 4) is 0 Å². The van der Waals surface area contributed by atoms with Crippen molar-refractivity contribution in [1.82, 2.24) is 0 Å². The van der Waals surface area contributed by atoms with Crippen LogP contribution in [-0.2, 0) is 19.8 Å². The molecule has 34 heavy (non-hydrogen) atoms. The summed E-state index contributed by atoms with van der Waals surface area (Å²) in [6.45, 7) is 1.23. The predicted octanol–water partition coefficient (Wildman–Crippen LogP) is 5.87. The molecule has 4 aromatic rings. The fourth-order valence-electron chi connectivity index (χ4n) is 3.98. The van der Waals surface area contributed by atoms with Gasteiger partial charge in [0.1, 0.15) is 12.2 Å². The van der Waals surface area contributed by atoms with Gasteiger partial charge in [-0.15, -0.1) is 0 Å². The third-order valence-corrected chi connectivity index (χ3v) is 5.56. The average Bonchev–Trinajstić information content (AvgIpc) is 2.92. The second kappa shape index (κ2) is 11.9. The Hall–Kier alpha value is -3.73. The highest BCUT2D eigenvalue weighted by Gasteiger charge is 2.37. The highest BCUT2D eigenvalue weighted by atomic mass is 16.6. The Balaban J connectivity index is 1.42. The summed E-state index contributed by atoms with van der Waals surface area (Å²) in [5.74, 6) is -0.350. The third-order valence-electron chi connectivity index (χ3n) is 5.56. The number of hydrogen-bond acceptors (Lipinski definition) is 4. The molecule has 4 rings (SSSR count). The lowest BCUT2D eigenvalue weighted by Crippen LogP contribution is -2.34. The van der Waals surface area contributed by atoms with E-state index in [1.807, 2.05) is 72.8 Å². The Morgan fingerprint density at radius 2 is 0.941 bits per heavy atom. The standard InChI is InChI=1S/C30H28O4/c31-29(25-13-5-1-6-14-25)33-23-21-32-22-24-34-30(26-15-7-2-8-16-26,27-17-9-3-10-18-27)28-19-11-4-12-20-28/h1-20H,21-24H2. The first-order chi connectivity index (χ1) is 16.8. The van der Waals surface area contributed by atoms with Crippen LogP contribution in [0.5, 0.6) is 0 Å².